The summed E-state index contributed by atoms with van der Waals surface area (Å²) >= 11 is 3.68. The van der Waals surface area contributed by atoms with Gasteiger partial charge in [0.25, 0.3) is 0 Å². The fraction of sp³-hybridized carbons (Fsp3) is 0.812. The Hall–Kier alpha value is -0.390. The standard InChI is InChI=1S/C16H28BrN3O/c1-4-20-14(13(17)12-19-20)15(18-3)16(21-5-2)10-8-6-7-9-11-16/h12,15,18H,4-11H2,1-3H3. The second-order valence-corrected chi connectivity index (χ2v) is 6.68. The molecule has 1 aliphatic carbocycles. The van der Waals surface area contributed by atoms with Gasteiger partial charge in [0.05, 0.1) is 28.0 Å². The van der Waals surface area contributed by atoms with Crippen LogP contribution in [0.15, 0.2) is 10.7 Å². The molecule has 0 spiro atoms. The van der Waals surface area contributed by atoms with Crippen molar-refractivity contribution in [3.05, 3.63) is 16.4 Å². The van der Waals surface area contributed by atoms with Crippen molar-refractivity contribution in [2.45, 2.75) is 70.6 Å². The predicted molar refractivity (Wildman–Crippen MR) is 89.5 cm³/mol. The first-order valence-electron chi connectivity index (χ1n) is 8.21. The van der Waals surface area contributed by atoms with E-state index in [0.717, 1.165) is 30.5 Å². The summed E-state index contributed by atoms with van der Waals surface area (Å²) in [6.07, 6.45) is 9.27. The highest BCUT2D eigenvalue weighted by Gasteiger charge is 2.42. The van der Waals surface area contributed by atoms with Crippen LogP contribution in [0.2, 0.25) is 0 Å². The summed E-state index contributed by atoms with van der Waals surface area (Å²) in [5.41, 5.74) is 1.10. The molecule has 1 atom stereocenters. The van der Waals surface area contributed by atoms with Gasteiger partial charge in [-0.05, 0) is 49.7 Å². The Morgan fingerprint density at radius 2 is 2.00 bits per heavy atom. The summed E-state index contributed by atoms with van der Waals surface area (Å²) in [7, 11) is 2.04. The van der Waals surface area contributed by atoms with Crippen LogP contribution in [-0.2, 0) is 11.3 Å². The fourth-order valence-corrected chi connectivity index (χ4v) is 4.22. The van der Waals surface area contributed by atoms with Gasteiger partial charge in [-0.15, -0.1) is 0 Å². The Kier molecular flexibility index (Phi) is 6.26. The van der Waals surface area contributed by atoms with Crippen molar-refractivity contribution in [3.63, 3.8) is 0 Å². The van der Waals surface area contributed by atoms with Gasteiger partial charge in [-0.2, -0.15) is 5.10 Å². The minimum atomic E-state index is -0.116. The first-order valence-corrected chi connectivity index (χ1v) is 9.00. The van der Waals surface area contributed by atoms with Crippen molar-refractivity contribution in [1.29, 1.82) is 0 Å². The van der Waals surface area contributed by atoms with E-state index in [1.54, 1.807) is 0 Å². The summed E-state index contributed by atoms with van der Waals surface area (Å²) in [6.45, 7) is 5.87. The zero-order valence-electron chi connectivity index (χ0n) is 13.5. The maximum Gasteiger partial charge on any atom is 0.0891 e. The number of nitrogens with one attached hydrogen (secondary N) is 1. The van der Waals surface area contributed by atoms with E-state index in [0.29, 0.717) is 0 Å². The summed E-state index contributed by atoms with van der Waals surface area (Å²) < 4.78 is 9.51. The van der Waals surface area contributed by atoms with Crippen LogP contribution in [0.1, 0.15) is 64.1 Å². The Morgan fingerprint density at radius 1 is 1.33 bits per heavy atom. The molecule has 0 radical (unpaired) electrons. The number of nitrogens with zero attached hydrogens (tertiary/aromatic N) is 2. The van der Waals surface area contributed by atoms with Crippen LogP contribution >= 0.6 is 15.9 Å². The van der Waals surface area contributed by atoms with Gasteiger partial charge in [0, 0.05) is 13.2 Å². The smallest absolute Gasteiger partial charge is 0.0891 e. The predicted octanol–water partition coefficient (Wildman–Crippen LogP) is 4.06. The summed E-state index contributed by atoms with van der Waals surface area (Å²) in [4.78, 5) is 0. The van der Waals surface area contributed by atoms with E-state index in [2.05, 4.69) is 44.9 Å². The second kappa shape index (κ2) is 7.75. The number of rotatable bonds is 6. The average molecular weight is 358 g/mol. The molecule has 4 nitrogen and oxygen atoms in total. The monoisotopic (exact) mass is 357 g/mol. The molecule has 120 valence electrons. The summed E-state index contributed by atoms with van der Waals surface area (Å²) in [5.74, 6) is 0. The topological polar surface area (TPSA) is 39.1 Å². The Labute approximate surface area is 136 Å². The molecule has 1 N–H and O–H groups in total. The molecule has 2 rings (SSSR count). The maximum absolute atomic E-state index is 6.36. The van der Waals surface area contributed by atoms with Gasteiger partial charge in [-0.3, -0.25) is 4.68 Å². The van der Waals surface area contributed by atoms with Gasteiger partial charge in [0.15, 0.2) is 0 Å². The molecule has 21 heavy (non-hydrogen) atoms. The Morgan fingerprint density at radius 3 is 2.52 bits per heavy atom. The molecule has 5 heteroatoms. The lowest BCUT2D eigenvalue weighted by Gasteiger charge is -2.40. The molecule has 0 saturated heterocycles. The minimum Gasteiger partial charge on any atom is -0.373 e. The number of aromatic nitrogens is 2. The summed E-state index contributed by atoms with van der Waals surface area (Å²) in [6, 6.07) is 0.173. The van der Waals surface area contributed by atoms with E-state index in [1.165, 1.54) is 31.4 Å². The van der Waals surface area contributed by atoms with E-state index >= 15 is 0 Å². The number of ether oxygens (including phenoxy) is 1. The highest BCUT2D eigenvalue weighted by molar-refractivity contribution is 9.10. The van der Waals surface area contributed by atoms with Gasteiger partial charge in [-0.25, -0.2) is 0 Å². The van der Waals surface area contributed by atoms with Gasteiger partial charge in [0.2, 0.25) is 0 Å². The highest BCUT2D eigenvalue weighted by Crippen LogP contribution is 2.42. The number of likely N-dealkylation sites (N-methyl/N-ethyl adjacent to an activating group) is 1. The third-order valence-electron chi connectivity index (χ3n) is 4.60. The zero-order valence-corrected chi connectivity index (χ0v) is 15.1. The largest absolute Gasteiger partial charge is 0.373 e. The van der Waals surface area contributed by atoms with Crippen LogP contribution in [0, 0.1) is 0 Å². The number of hydrogen-bond donors (Lipinski definition) is 1. The van der Waals surface area contributed by atoms with Crippen LogP contribution in [0.25, 0.3) is 0 Å². The van der Waals surface area contributed by atoms with E-state index in [4.69, 9.17) is 4.74 Å². The van der Waals surface area contributed by atoms with Crippen molar-refractivity contribution < 1.29 is 4.74 Å². The van der Waals surface area contributed by atoms with Crippen LogP contribution in [-0.4, -0.2) is 29.0 Å². The fourth-order valence-electron chi connectivity index (χ4n) is 3.69. The molecule has 0 aromatic carbocycles. The van der Waals surface area contributed by atoms with Gasteiger partial charge in [-0.1, -0.05) is 25.7 Å². The average Bonchev–Trinajstić information content (AvgIpc) is 2.70. The van der Waals surface area contributed by atoms with Crippen molar-refractivity contribution in [1.82, 2.24) is 15.1 Å². The zero-order chi connectivity index (χ0) is 15.3. The molecule has 1 aliphatic rings. The van der Waals surface area contributed by atoms with Crippen molar-refractivity contribution in [2.75, 3.05) is 13.7 Å². The van der Waals surface area contributed by atoms with Crippen molar-refractivity contribution in [3.8, 4) is 0 Å². The number of hydrogen-bond acceptors (Lipinski definition) is 3. The molecule has 0 amide bonds. The molecule has 1 aromatic heterocycles. The minimum absolute atomic E-state index is 0.116. The Balaban J connectivity index is 2.41. The molecule has 0 aliphatic heterocycles. The molecule has 1 heterocycles. The lowest BCUT2D eigenvalue weighted by Crippen LogP contribution is -2.46. The first-order chi connectivity index (χ1) is 10.2. The molecule has 0 bridgehead atoms. The number of halogens is 1. The molecule has 1 saturated carbocycles. The lowest BCUT2D eigenvalue weighted by molar-refractivity contribution is -0.0785. The number of aryl methyl sites for hydroxylation is 1. The molecule has 1 fully saturated rings. The van der Waals surface area contributed by atoms with E-state index < -0.39 is 0 Å². The van der Waals surface area contributed by atoms with Gasteiger partial charge < -0.3 is 10.1 Å². The quantitative estimate of drug-likeness (QED) is 0.780. The van der Waals surface area contributed by atoms with Crippen LogP contribution in [0.4, 0.5) is 0 Å². The van der Waals surface area contributed by atoms with Crippen LogP contribution in [0.3, 0.4) is 0 Å². The maximum atomic E-state index is 6.36. The molecule has 1 aromatic rings. The van der Waals surface area contributed by atoms with Crippen LogP contribution in [0.5, 0.6) is 0 Å². The van der Waals surface area contributed by atoms with Crippen molar-refractivity contribution >= 4 is 15.9 Å². The third kappa shape index (κ3) is 3.51. The first kappa shape index (κ1) is 17.0. The molecular formula is C16H28BrN3O. The normalized spacial score (nSPS) is 20.2. The van der Waals surface area contributed by atoms with Crippen LogP contribution < -0.4 is 5.32 Å². The van der Waals surface area contributed by atoms with E-state index in [1.807, 2.05) is 13.2 Å². The third-order valence-corrected chi connectivity index (χ3v) is 5.21. The highest BCUT2D eigenvalue weighted by atomic mass is 79.9. The van der Waals surface area contributed by atoms with Gasteiger partial charge >= 0.3 is 0 Å². The molecular weight excluding hydrogens is 330 g/mol. The summed E-state index contributed by atoms with van der Waals surface area (Å²) in [5, 5.41) is 8.01. The van der Waals surface area contributed by atoms with Gasteiger partial charge in [0.1, 0.15) is 0 Å². The molecule has 1 unspecified atom stereocenters. The van der Waals surface area contributed by atoms with Crippen molar-refractivity contribution in [2.24, 2.45) is 0 Å². The lowest BCUT2D eigenvalue weighted by atomic mass is 9.84. The van der Waals surface area contributed by atoms with E-state index in [-0.39, 0.29) is 11.6 Å². The SMILES string of the molecule is CCOC1(C(NC)c2c(Br)cnn2CC)CCCCCC1. The van der Waals surface area contributed by atoms with E-state index in [9.17, 15) is 0 Å². The second-order valence-electron chi connectivity index (χ2n) is 5.83. The Bertz CT molecular complexity index is 439.